The topological polar surface area (TPSA) is 84.9 Å². The van der Waals surface area contributed by atoms with Gasteiger partial charge in [-0.1, -0.05) is 24.3 Å². The summed E-state index contributed by atoms with van der Waals surface area (Å²) in [6, 6.07) is 13.4. The van der Waals surface area contributed by atoms with E-state index in [9.17, 15) is 14.4 Å². The standard InChI is InChI=1S/C27H26N2O5/c1-14(29-26(31)23-17-11-12-18(20-13-19(17)20)24(23)27(29)32)25(30)28-15-7-9-16(10-8-15)34-22-6-4-3-5-21(22)33-2/h3-12,14,17-20,23-24H,13H2,1-2H3,(H,28,30). The maximum Gasteiger partial charge on any atom is 0.247 e. The molecule has 1 heterocycles. The number of likely N-dealkylation sites (tertiary alicyclic amines) is 1. The summed E-state index contributed by atoms with van der Waals surface area (Å²) in [6.45, 7) is 1.62. The lowest BCUT2D eigenvalue weighted by Gasteiger charge is -2.37. The zero-order valence-electron chi connectivity index (χ0n) is 19.0. The molecule has 1 aliphatic heterocycles. The number of anilines is 1. The Labute approximate surface area is 197 Å². The van der Waals surface area contributed by atoms with Crippen LogP contribution in [0.25, 0.3) is 0 Å². The van der Waals surface area contributed by atoms with Crippen molar-refractivity contribution < 1.29 is 23.9 Å². The molecule has 0 spiro atoms. The minimum Gasteiger partial charge on any atom is -0.493 e. The molecule has 2 aromatic rings. The monoisotopic (exact) mass is 458 g/mol. The highest BCUT2D eigenvalue weighted by Crippen LogP contribution is 2.65. The van der Waals surface area contributed by atoms with Crippen LogP contribution in [0.2, 0.25) is 0 Å². The van der Waals surface area contributed by atoms with E-state index in [0.29, 0.717) is 34.8 Å². The van der Waals surface area contributed by atoms with E-state index in [1.54, 1.807) is 38.3 Å². The van der Waals surface area contributed by atoms with Crippen molar-refractivity contribution in [2.75, 3.05) is 12.4 Å². The van der Waals surface area contributed by atoms with Gasteiger partial charge in [0, 0.05) is 5.69 Å². The SMILES string of the molecule is COc1ccccc1Oc1ccc(NC(=O)C(C)N2C(=O)C3C4C=CC(C5CC45)C3C2=O)cc1. The minimum atomic E-state index is -0.870. The van der Waals surface area contributed by atoms with Crippen LogP contribution in [0.3, 0.4) is 0 Å². The molecule has 7 heteroatoms. The normalized spacial score (nSPS) is 31.1. The Morgan fingerprint density at radius 1 is 0.941 bits per heavy atom. The fraction of sp³-hybridized carbons (Fsp3) is 0.370. The number of hydrogen-bond acceptors (Lipinski definition) is 5. The van der Waals surface area contributed by atoms with Crippen molar-refractivity contribution in [3.63, 3.8) is 0 Å². The fourth-order valence-corrected chi connectivity index (χ4v) is 6.16. The van der Waals surface area contributed by atoms with Crippen LogP contribution in [0.15, 0.2) is 60.7 Å². The molecule has 7 atom stereocenters. The van der Waals surface area contributed by atoms with Crippen LogP contribution in [0.4, 0.5) is 5.69 Å². The number of benzene rings is 2. The number of allylic oxidation sites excluding steroid dienone is 2. The third-order valence-electron chi connectivity index (χ3n) is 7.88. The summed E-state index contributed by atoms with van der Waals surface area (Å²) in [6.07, 6.45) is 5.38. The van der Waals surface area contributed by atoms with Gasteiger partial charge in [-0.15, -0.1) is 0 Å². The third kappa shape index (κ3) is 3.14. The molecule has 2 saturated carbocycles. The van der Waals surface area contributed by atoms with Gasteiger partial charge in [-0.25, -0.2) is 0 Å². The summed E-state index contributed by atoms with van der Waals surface area (Å²) in [5, 5.41) is 2.83. The van der Waals surface area contributed by atoms with Gasteiger partial charge in [0.25, 0.3) is 0 Å². The molecular weight excluding hydrogens is 432 g/mol. The Morgan fingerprint density at radius 3 is 2.12 bits per heavy atom. The van der Waals surface area contributed by atoms with E-state index in [1.807, 2.05) is 24.3 Å². The number of carbonyl (C=O) groups is 3. The van der Waals surface area contributed by atoms with Crippen molar-refractivity contribution in [3.8, 4) is 17.2 Å². The number of rotatable bonds is 6. The van der Waals surface area contributed by atoms with Crippen molar-refractivity contribution in [2.24, 2.45) is 35.5 Å². The predicted octanol–water partition coefficient (Wildman–Crippen LogP) is 3.87. The van der Waals surface area contributed by atoms with Crippen molar-refractivity contribution >= 4 is 23.4 Å². The van der Waals surface area contributed by atoms with Gasteiger partial charge >= 0.3 is 0 Å². The molecule has 0 aromatic heterocycles. The van der Waals surface area contributed by atoms with Gasteiger partial charge in [-0.3, -0.25) is 19.3 Å². The maximum absolute atomic E-state index is 13.2. The van der Waals surface area contributed by atoms with E-state index in [0.717, 1.165) is 6.42 Å². The summed E-state index contributed by atoms with van der Waals surface area (Å²) in [7, 11) is 1.58. The first-order valence-corrected chi connectivity index (χ1v) is 11.7. The Morgan fingerprint density at radius 2 is 1.53 bits per heavy atom. The Bertz CT molecular complexity index is 1170. The number of hydrogen-bond donors (Lipinski definition) is 1. The summed E-state index contributed by atoms with van der Waals surface area (Å²) in [5.41, 5.74) is 0.559. The molecule has 174 valence electrons. The molecule has 4 aliphatic carbocycles. The molecule has 7 unspecified atom stereocenters. The van der Waals surface area contributed by atoms with E-state index in [4.69, 9.17) is 9.47 Å². The summed E-state index contributed by atoms with van der Waals surface area (Å²) in [5.74, 6) is 1.79. The van der Waals surface area contributed by atoms with E-state index in [-0.39, 0.29) is 41.4 Å². The second kappa shape index (κ2) is 7.72. The molecular formula is C27H26N2O5. The number of carbonyl (C=O) groups excluding carboxylic acids is 3. The van der Waals surface area contributed by atoms with Gasteiger partial charge < -0.3 is 14.8 Å². The fourth-order valence-electron chi connectivity index (χ4n) is 6.16. The molecule has 5 aliphatic rings. The molecule has 7 rings (SSSR count). The number of nitrogens with zero attached hydrogens (tertiary/aromatic N) is 1. The molecule has 3 fully saturated rings. The van der Waals surface area contributed by atoms with Crippen LogP contribution in [0.5, 0.6) is 17.2 Å². The largest absolute Gasteiger partial charge is 0.493 e. The van der Waals surface area contributed by atoms with Crippen molar-refractivity contribution in [2.45, 2.75) is 19.4 Å². The predicted molar refractivity (Wildman–Crippen MR) is 124 cm³/mol. The Balaban J connectivity index is 1.13. The highest BCUT2D eigenvalue weighted by molar-refractivity contribution is 6.10. The molecule has 0 radical (unpaired) electrons. The lowest BCUT2D eigenvalue weighted by Crippen LogP contribution is -2.46. The van der Waals surface area contributed by atoms with Gasteiger partial charge in [-0.05, 0) is 73.4 Å². The highest BCUT2D eigenvalue weighted by atomic mass is 16.5. The zero-order valence-corrected chi connectivity index (χ0v) is 19.0. The summed E-state index contributed by atoms with van der Waals surface area (Å²) >= 11 is 0. The Kier molecular flexibility index (Phi) is 4.76. The summed E-state index contributed by atoms with van der Waals surface area (Å²) in [4.78, 5) is 40.7. The first kappa shape index (κ1) is 21.0. The quantitative estimate of drug-likeness (QED) is 0.525. The van der Waals surface area contributed by atoms with Crippen molar-refractivity contribution in [1.29, 1.82) is 0 Å². The summed E-state index contributed by atoms with van der Waals surface area (Å²) < 4.78 is 11.2. The maximum atomic E-state index is 13.2. The molecule has 7 nitrogen and oxygen atoms in total. The van der Waals surface area contributed by atoms with E-state index >= 15 is 0 Å². The molecule has 34 heavy (non-hydrogen) atoms. The average molecular weight is 459 g/mol. The highest BCUT2D eigenvalue weighted by Gasteiger charge is 2.67. The van der Waals surface area contributed by atoms with Crippen LogP contribution in [-0.4, -0.2) is 35.8 Å². The number of nitrogens with one attached hydrogen (secondary N) is 1. The minimum absolute atomic E-state index is 0.146. The van der Waals surface area contributed by atoms with Gasteiger partial charge in [0.05, 0.1) is 18.9 Å². The third-order valence-corrected chi connectivity index (χ3v) is 7.88. The number of para-hydroxylation sites is 2. The van der Waals surface area contributed by atoms with Crippen LogP contribution in [0, 0.1) is 35.5 Å². The number of amides is 3. The van der Waals surface area contributed by atoms with Crippen LogP contribution in [0.1, 0.15) is 13.3 Å². The second-order valence-electron chi connectivity index (χ2n) is 9.64. The molecule has 1 saturated heterocycles. The van der Waals surface area contributed by atoms with Gasteiger partial charge in [0.15, 0.2) is 11.5 Å². The lowest BCUT2D eigenvalue weighted by molar-refractivity contribution is -0.146. The van der Waals surface area contributed by atoms with Gasteiger partial charge in [-0.2, -0.15) is 0 Å². The molecule has 2 bridgehead atoms. The van der Waals surface area contributed by atoms with Crippen molar-refractivity contribution in [3.05, 3.63) is 60.7 Å². The van der Waals surface area contributed by atoms with Crippen LogP contribution in [-0.2, 0) is 14.4 Å². The first-order chi connectivity index (χ1) is 16.5. The van der Waals surface area contributed by atoms with E-state index < -0.39 is 6.04 Å². The molecule has 3 amide bonds. The lowest BCUT2D eigenvalue weighted by atomic mass is 9.63. The van der Waals surface area contributed by atoms with Crippen LogP contribution >= 0.6 is 0 Å². The second-order valence-corrected chi connectivity index (χ2v) is 9.64. The van der Waals surface area contributed by atoms with Crippen LogP contribution < -0.4 is 14.8 Å². The van der Waals surface area contributed by atoms with E-state index in [1.165, 1.54) is 4.90 Å². The average Bonchev–Trinajstić information content (AvgIpc) is 3.63. The van der Waals surface area contributed by atoms with Gasteiger partial charge in [0.1, 0.15) is 11.8 Å². The number of ether oxygens (including phenoxy) is 2. The van der Waals surface area contributed by atoms with Gasteiger partial charge in [0.2, 0.25) is 17.7 Å². The molecule has 1 N–H and O–H groups in total. The Hall–Kier alpha value is -3.61. The zero-order chi connectivity index (χ0) is 23.6. The number of imide groups is 1. The first-order valence-electron chi connectivity index (χ1n) is 11.7. The smallest absolute Gasteiger partial charge is 0.247 e. The molecule has 2 aromatic carbocycles. The van der Waals surface area contributed by atoms with E-state index in [2.05, 4.69) is 17.5 Å². The number of methoxy groups -OCH3 is 1. The van der Waals surface area contributed by atoms with Crippen molar-refractivity contribution in [1.82, 2.24) is 4.90 Å².